The van der Waals surface area contributed by atoms with Crippen LogP contribution in [-0.2, 0) is 15.5 Å². The molecule has 22 heavy (non-hydrogen) atoms. The molecule has 1 aliphatic rings. The molecular weight excluding hydrogens is 364 g/mol. The summed E-state index contributed by atoms with van der Waals surface area (Å²) >= 11 is 3.68. The zero-order chi connectivity index (χ0) is 16.5. The predicted molar refractivity (Wildman–Crippen MR) is 97.5 cm³/mol. The summed E-state index contributed by atoms with van der Waals surface area (Å²) in [7, 11) is -1.14. The minimum atomic E-state index is -1.14. The van der Waals surface area contributed by atoms with Gasteiger partial charge in [0.25, 0.3) is 0 Å². The molecule has 0 bridgehead atoms. The second kappa shape index (κ2) is 6.83. The highest BCUT2D eigenvalue weighted by molar-refractivity contribution is 9.10. The van der Waals surface area contributed by atoms with Gasteiger partial charge in [-0.05, 0) is 54.6 Å². The summed E-state index contributed by atoms with van der Waals surface area (Å²) in [6.07, 6.45) is 7.89. The Kier molecular flexibility index (Phi) is 5.68. The van der Waals surface area contributed by atoms with E-state index in [0.29, 0.717) is 6.61 Å². The topological polar surface area (TPSA) is 36.3 Å². The van der Waals surface area contributed by atoms with Crippen LogP contribution in [0.5, 0.6) is 0 Å². The van der Waals surface area contributed by atoms with Crippen LogP contribution in [-0.4, -0.2) is 33.6 Å². The zero-order valence-corrected chi connectivity index (χ0v) is 17.0. The van der Waals surface area contributed by atoms with Gasteiger partial charge in [0, 0.05) is 11.4 Å². The summed E-state index contributed by atoms with van der Waals surface area (Å²) in [6, 6.07) is 0. The van der Waals surface area contributed by atoms with E-state index in [1.54, 1.807) is 0 Å². The molecule has 0 radical (unpaired) electrons. The molecule has 0 spiro atoms. The first-order chi connectivity index (χ1) is 10.1. The standard InChI is InChI=1S/C16H29BrN2O2S/c1-12-15(17)13(11-21-22(5,6)16(2,3)4)18-19(12)14-9-7-8-10-20-14/h14H,7-11H2,1-6H3. The molecule has 0 saturated carbocycles. The lowest BCUT2D eigenvalue weighted by molar-refractivity contribution is -0.0409. The van der Waals surface area contributed by atoms with Crippen LogP contribution in [0.3, 0.4) is 0 Å². The maximum absolute atomic E-state index is 6.25. The summed E-state index contributed by atoms with van der Waals surface area (Å²) in [6.45, 7) is 10.2. The van der Waals surface area contributed by atoms with Crippen LogP contribution in [0.4, 0.5) is 0 Å². The van der Waals surface area contributed by atoms with Crippen LogP contribution in [0.1, 0.15) is 57.6 Å². The molecule has 6 heteroatoms. The van der Waals surface area contributed by atoms with E-state index in [0.717, 1.165) is 35.3 Å². The van der Waals surface area contributed by atoms with Crippen LogP contribution in [0.2, 0.25) is 0 Å². The smallest absolute Gasteiger partial charge is 0.150 e. The van der Waals surface area contributed by atoms with E-state index < -0.39 is 10.3 Å². The Morgan fingerprint density at radius 3 is 2.59 bits per heavy atom. The lowest BCUT2D eigenvalue weighted by Crippen LogP contribution is -2.25. The molecule has 2 heterocycles. The fourth-order valence-corrected chi connectivity index (χ4v) is 3.36. The van der Waals surface area contributed by atoms with Crippen molar-refractivity contribution < 1.29 is 8.92 Å². The molecule has 0 aliphatic carbocycles. The second-order valence-corrected chi connectivity index (χ2v) is 11.9. The lowest BCUT2D eigenvalue weighted by atomic mass is 10.2. The summed E-state index contributed by atoms with van der Waals surface area (Å²) in [5, 5.41) is 4.75. The van der Waals surface area contributed by atoms with Gasteiger partial charge >= 0.3 is 0 Å². The van der Waals surface area contributed by atoms with Crippen LogP contribution in [0, 0.1) is 6.92 Å². The van der Waals surface area contributed by atoms with Gasteiger partial charge in [-0.25, -0.2) is 4.68 Å². The molecule has 1 fully saturated rings. The molecule has 1 unspecified atom stereocenters. The molecule has 1 aliphatic heterocycles. The first-order valence-electron chi connectivity index (χ1n) is 7.86. The maximum Gasteiger partial charge on any atom is 0.150 e. The van der Waals surface area contributed by atoms with Crippen molar-refractivity contribution in [3.63, 3.8) is 0 Å². The number of aromatic nitrogens is 2. The van der Waals surface area contributed by atoms with Crippen molar-refractivity contribution in [2.45, 2.75) is 64.5 Å². The average Bonchev–Trinajstić information content (AvgIpc) is 2.73. The van der Waals surface area contributed by atoms with Gasteiger partial charge in [0.15, 0.2) is 0 Å². The third-order valence-electron chi connectivity index (χ3n) is 4.54. The number of hydrogen-bond acceptors (Lipinski definition) is 3. The van der Waals surface area contributed by atoms with Gasteiger partial charge in [0.2, 0.25) is 0 Å². The maximum atomic E-state index is 6.25. The Morgan fingerprint density at radius 2 is 2.05 bits per heavy atom. The Bertz CT molecular complexity index is 517. The molecule has 4 nitrogen and oxygen atoms in total. The van der Waals surface area contributed by atoms with Crippen molar-refractivity contribution in [3.05, 3.63) is 15.9 Å². The van der Waals surface area contributed by atoms with Crippen molar-refractivity contribution in [2.24, 2.45) is 0 Å². The first-order valence-corrected chi connectivity index (χ1v) is 11.0. The second-order valence-electron chi connectivity index (χ2n) is 7.22. The van der Waals surface area contributed by atoms with Crippen molar-refractivity contribution >= 4 is 26.2 Å². The lowest BCUT2D eigenvalue weighted by Gasteiger charge is -2.43. The van der Waals surface area contributed by atoms with Crippen LogP contribution in [0.15, 0.2) is 4.47 Å². The van der Waals surface area contributed by atoms with Gasteiger partial charge in [-0.1, -0.05) is 20.8 Å². The molecule has 0 amide bonds. The summed E-state index contributed by atoms with van der Waals surface area (Å²) in [4.78, 5) is 0. The highest BCUT2D eigenvalue weighted by Crippen LogP contribution is 2.54. The third-order valence-corrected chi connectivity index (χ3v) is 9.22. The summed E-state index contributed by atoms with van der Waals surface area (Å²) in [5.41, 5.74) is 2.09. The Labute approximate surface area is 144 Å². The van der Waals surface area contributed by atoms with E-state index in [4.69, 9.17) is 14.0 Å². The number of hydrogen-bond donors (Lipinski definition) is 0. The molecule has 0 N–H and O–H groups in total. The molecule has 128 valence electrons. The van der Waals surface area contributed by atoms with Gasteiger partial charge in [0.1, 0.15) is 18.5 Å². The van der Waals surface area contributed by atoms with Crippen molar-refractivity contribution in [3.8, 4) is 0 Å². The van der Waals surface area contributed by atoms with Gasteiger partial charge < -0.3 is 8.92 Å². The Hall–Kier alpha value is -0.0400. The highest BCUT2D eigenvalue weighted by Gasteiger charge is 2.30. The van der Waals surface area contributed by atoms with E-state index >= 15 is 0 Å². The van der Waals surface area contributed by atoms with Crippen molar-refractivity contribution in [1.29, 1.82) is 0 Å². The van der Waals surface area contributed by atoms with E-state index in [9.17, 15) is 0 Å². The fraction of sp³-hybridized carbons (Fsp3) is 0.812. The van der Waals surface area contributed by atoms with E-state index in [2.05, 4.69) is 56.1 Å². The molecular formula is C16H29BrN2O2S. The largest absolute Gasteiger partial charge is 0.357 e. The summed E-state index contributed by atoms with van der Waals surface area (Å²) in [5.74, 6) is 0. The van der Waals surface area contributed by atoms with Crippen LogP contribution in [0.25, 0.3) is 0 Å². The number of halogens is 1. The fourth-order valence-electron chi connectivity index (χ4n) is 2.23. The van der Waals surface area contributed by atoms with E-state index in [1.165, 1.54) is 6.42 Å². The SMILES string of the molecule is Cc1c(Br)c(COS(C)(C)C(C)(C)C)nn1C1CCCCO1. The quantitative estimate of drug-likeness (QED) is 0.727. The van der Waals surface area contributed by atoms with Gasteiger partial charge in [-0.2, -0.15) is 5.10 Å². The van der Waals surface area contributed by atoms with E-state index in [1.807, 2.05) is 4.68 Å². The molecule has 2 rings (SSSR count). The Morgan fingerprint density at radius 1 is 1.36 bits per heavy atom. The third kappa shape index (κ3) is 3.89. The monoisotopic (exact) mass is 392 g/mol. The van der Waals surface area contributed by atoms with Crippen molar-refractivity contribution in [1.82, 2.24) is 9.78 Å². The number of ether oxygens (including phenoxy) is 1. The van der Waals surface area contributed by atoms with Gasteiger partial charge in [-0.3, -0.25) is 0 Å². The average molecular weight is 393 g/mol. The first kappa shape index (κ1) is 18.3. The van der Waals surface area contributed by atoms with Crippen LogP contribution >= 0.6 is 26.2 Å². The zero-order valence-electron chi connectivity index (χ0n) is 14.6. The summed E-state index contributed by atoms with van der Waals surface area (Å²) < 4.78 is 15.3. The minimum absolute atomic E-state index is 0.0711. The number of rotatable bonds is 4. The molecule has 1 aromatic heterocycles. The number of nitrogens with zero attached hydrogens (tertiary/aromatic N) is 2. The molecule has 1 aromatic rings. The molecule has 1 atom stereocenters. The Balaban J connectivity index is 2.12. The normalized spacial score (nSPS) is 21.1. The van der Waals surface area contributed by atoms with Gasteiger partial charge in [0.05, 0.1) is 10.2 Å². The predicted octanol–water partition coefficient (Wildman–Crippen LogP) is 4.95. The van der Waals surface area contributed by atoms with E-state index in [-0.39, 0.29) is 11.0 Å². The van der Waals surface area contributed by atoms with Gasteiger partial charge in [-0.15, -0.1) is 10.3 Å². The minimum Gasteiger partial charge on any atom is -0.357 e. The van der Waals surface area contributed by atoms with Crippen LogP contribution < -0.4 is 0 Å². The molecule has 0 aromatic carbocycles. The van der Waals surface area contributed by atoms with Crippen molar-refractivity contribution in [2.75, 3.05) is 19.1 Å². The highest BCUT2D eigenvalue weighted by atomic mass is 79.9. The molecule has 1 saturated heterocycles.